The van der Waals surface area contributed by atoms with Gasteiger partial charge in [0.05, 0.1) is 11.6 Å². The number of H-pyrrole nitrogens is 1. The molecular formula is C14H8N6O2. The summed E-state index contributed by atoms with van der Waals surface area (Å²) in [7, 11) is 0. The maximum atomic E-state index is 11.8. The Hall–Kier alpha value is -3.42. The predicted molar refractivity (Wildman–Crippen MR) is 76.7 cm³/mol. The Labute approximate surface area is 122 Å². The molecule has 0 atom stereocenters. The molecule has 0 fully saturated rings. The highest BCUT2D eigenvalue weighted by Gasteiger charge is 2.16. The second-order valence-corrected chi connectivity index (χ2v) is 4.46. The molecule has 0 radical (unpaired) electrons. The summed E-state index contributed by atoms with van der Waals surface area (Å²) in [5, 5.41) is 11.5. The van der Waals surface area contributed by atoms with Crippen molar-refractivity contribution in [3.05, 3.63) is 53.2 Å². The number of aromatic amines is 1. The maximum Gasteiger partial charge on any atom is 0.279 e. The van der Waals surface area contributed by atoms with Gasteiger partial charge in [0.1, 0.15) is 5.69 Å². The van der Waals surface area contributed by atoms with Crippen molar-refractivity contribution in [2.75, 3.05) is 0 Å². The molecule has 0 spiro atoms. The van der Waals surface area contributed by atoms with Gasteiger partial charge in [-0.05, 0) is 6.07 Å². The Balaban J connectivity index is 1.89. The average Bonchev–Trinajstić information content (AvgIpc) is 3.06. The number of rotatable bonds is 2. The Morgan fingerprint density at radius 2 is 1.95 bits per heavy atom. The number of benzene rings is 1. The van der Waals surface area contributed by atoms with Crippen LogP contribution in [0.25, 0.3) is 33.9 Å². The van der Waals surface area contributed by atoms with Crippen LogP contribution in [0.15, 0.2) is 52.2 Å². The zero-order chi connectivity index (χ0) is 14.9. The molecule has 4 aromatic rings. The van der Waals surface area contributed by atoms with E-state index in [0.717, 1.165) is 0 Å². The third-order valence-corrected chi connectivity index (χ3v) is 3.12. The molecular weight excluding hydrogens is 284 g/mol. The summed E-state index contributed by atoms with van der Waals surface area (Å²) in [5.74, 6) is 0.508. The quantitative estimate of drug-likeness (QED) is 0.595. The average molecular weight is 292 g/mol. The molecule has 0 aliphatic heterocycles. The summed E-state index contributed by atoms with van der Waals surface area (Å²) >= 11 is 0. The van der Waals surface area contributed by atoms with Gasteiger partial charge in [-0.3, -0.25) is 9.78 Å². The van der Waals surface area contributed by atoms with E-state index >= 15 is 0 Å². The largest absolute Gasteiger partial charge is 0.332 e. The number of aromatic nitrogens is 6. The molecule has 8 nitrogen and oxygen atoms in total. The molecule has 0 aliphatic carbocycles. The Morgan fingerprint density at radius 3 is 2.77 bits per heavy atom. The van der Waals surface area contributed by atoms with Crippen LogP contribution in [0.1, 0.15) is 0 Å². The lowest BCUT2D eigenvalue weighted by atomic mass is 10.1. The highest BCUT2D eigenvalue weighted by atomic mass is 16.5. The van der Waals surface area contributed by atoms with Crippen molar-refractivity contribution < 1.29 is 4.52 Å². The van der Waals surface area contributed by atoms with Crippen molar-refractivity contribution in [1.29, 1.82) is 0 Å². The highest BCUT2D eigenvalue weighted by molar-refractivity contribution is 5.91. The fourth-order valence-corrected chi connectivity index (χ4v) is 2.12. The van der Waals surface area contributed by atoms with Gasteiger partial charge in [0.15, 0.2) is 5.69 Å². The minimum Gasteiger partial charge on any atom is -0.332 e. The van der Waals surface area contributed by atoms with Gasteiger partial charge in [-0.2, -0.15) is 10.1 Å². The monoisotopic (exact) mass is 292 g/mol. The third-order valence-electron chi connectivity index (χ3n) is 3.12. The van der Waals surface area contributed by atoms with Gasteiger partial charge in [0.2, 0.25) is 5.82 Å². The molecule has 0 saturated heterocycles. The fraction of sp³-hybridized carbons (Fsp3) is 0. The van der Waals surface area contributed by atoms with E-state index in [1.807, 2.05) is 6.07 Å². The van der Waals surface area contributed by atoms with E-state index in [2.05, 4.69) is 30.3 Å². The molecule has 22 heavy (non-hydrogen) atoms. The van der Waals surface area contributed by atoms with Crippen molar-refractivity contribution in [2.24, 2.45) is 0 Å². The number of fused-ring (bicyclic) bond motifs is 1. The standard InChI is InChI=1S/C14H8N6O2/c21-13-9-4-2-1-3-8(9)11(18-19-13)14-17-12(20-22-14)10-7-15-5-6-16-10/h1-7H,(H,19,21). The van der Waals surface area contributed by atoms with E-state index in [1.54, 1.807) is 30.6 Å². The fourth-order valence-electron chi connectivity index (χ4n) is 2.12. The van der Waals surface area contributed by atoms with E-state index in [-0.39, 0.29) is 11.4 Å². The lowest BCUT2D eigenvalue weighted by Crippen LogP contribution is -2.09. The van der Waals surface area contributed by atoms with E-state index in [4.69, 9.17) is 4.52 Å². The molecule has 0 unspecified atom stereocenters. The first-order valence-electron chi connectivity index (χ1n) is 6.41. The number of hydrogen-bond donors (Lipinski definition) is 1. The van der Waals surface area contributed by atoms with E-state index in [0.29, 0.717) is 28.0 Å². The zero-order valence-corrected chi connectivity index (χ0v) is 11.1. The second-order valence-electron chi connectivity index (χ2n) is 4.46. The van der Waals surface area contributed by atoms with Crippen LogP contribution < -0.4 is 5.56 Å². The van der Waals surface area contributed by atoms with Crippen LogP contribution in [0.3, 0.4) is 0 Å². The van der Waals surface area contributed by atoms with Crippen molar-refractivity contribution >= 4 is 10.8 Å². The lowest BCUT2D eigenvalue weighted by Gasteiger charge is -1.99. The molecule has 4 rings (SSSR count). The molecule has 0 saturated carbocycles. The molecule has 1 aromatic carbocycles. The zero-order valence-electron chi connectivity index (χ0n) is 11.1. The highest BCUT2D eigenvalue weighted by Crippen LogP contribution is 2.24. The first kappa shape index (κ1) is 12.3. The van der Waals surface area contributed by atoms with E-state index < -0.39 is 0 Å². The predicted octanol–water partition coefficient (Wildman–Crippen LogP) is 1.43. The molecule has 0 bridgehead atoms. The van der Waals surface area contributed by atoms with E-state index in [1.165, 1.54) is 6.20 Å². The third kappa shape index (κ3) is 1.94. The minimum absolute atomic E-state index is 0.202. The molecule has 0 aliphatic rings. The number of hydrogen-bond acceptors (Lipinski definition) is 7. The Kier molecular flexibility index (Phi) is 2.72. The van der Waals surface area contributed by atoms with Gasteiger partial charge in [-0.1, -0.05) is 23.4 Å². The van der Waals surface area contributed by atoms with Gasteiger partial charge in [-0.15, -0.1) is 0 Å². The molecule has 1 N–H and O–H groups in total. The smallest absolute Gasteiger partial charge is 0.279 e. The SMILES string of the molecule is O=c1[nH]nc(-c2nc(-c3cnccn3)no2)c2ccccc12. The summed E-state index contributed by atoms with van der Waals surface area (Å²) in [6.07, 6.45) is 4.63. The van der Waals surface area contributed by atoms with Crippen LogP contribution in [0.2, 0.25) is 0 Å². The van der Waals surface area contributed by atoms with Gasteiger partial charge in [0, 0.05) is 17.8 Å². The van der Waals surface area contributed by atoms with Crippen molar-refractivity contribution in [3.8, 4) is 23.1 Å². The maximum absolute atomic E-state index is 11.8. The van der Waals surface area contributed by atoms with Crippen molar-refractivity contribution in [3.63, 3.8) is 0 Å². The lowest BCUT2D eigenvalue weighted by molar-refractivity contribution is 0.430. The van der Waals surface area contributed by atoms with Crippen LogP contribution in [0, 0.1) is 0 Å². The second kappa shape index (κ2) is 4.85. The first-order chi connectivity index (χ1) is 10.8. The molecule has 106 valence electrons. The number of nitrogens with zero attached hydrogens (tertiary/aromatic N) is 5. The molecule has 3 heterocycles. The van der Waals surface area contributed by atoms with Crippen LogP contribution in [-0.4, -0.2) is 30.3 Å². The van der Waals surface area contributed by atoms with Gasteiger partial charge in [-0.25, -0.2) is 10.1 Å². The Bertz CT molecular complexity index is 1010. The summed E-state index contributed by atoms with van der Waals surface area (Å²) in [5.41, 5.74) is 0.636. The first-order valence-corrected chi connectivity index (χ1v) is 6.41. The molecule has 3 aromatic heterocycles. The molecule has 8 heteroatoms. The molecule has 0 amide bonds. The summed E-state index contributed by atoms with van der Waals surface area (Å²) in [6.45, 7) is 0. The van der Waals surface area contributed by atoms with Crippen LogP contribution in [-0.2, 0) is 0 Å². The summed E-state index contributed by atoms with van der Waals surface area (Å²) in [6, 6.07) is 7.07. The normalized spacial score (nSPS) is 10.9. The Morgan fingerprint density at radius 1 is 1.09 bits per heavy atom. The number of nitrogens with one attached hydrogen (secondary N) is 1. The van der Waals surface area contributed by atoms with E-state index in [9.17, 15) is 4.79 Å². The van der Waals surface area contributed by atoms with Crippen LogP contribution >= 0.6 is 0 Å². The topological polar surface area (TPSA) is 110 Å². The van der Waals surface area contributed by atoms with Crippen molar-refractivity contribution in [1.82, 2.24) is 30.3 Å². The minimum atomic E-state index is -0.270. The van der Waals surface area contributed by atoms with Gasteiger partial charge >= 0.3 is 0 Å². The van der Waals surface area contributed by atoms with Gasteiger partial charge < -0.3 is 4.52 Å². The van der Waals surface area contributed by atoms with Gasteiger partial charge in [0.25, 0.3) is 11.4 Å². The van der Waals surface area contributed by atoms with Crippen molar-refractivity contribution in [2.45, 2.75) is 0 Å². The van der Waals surface area contributed by atoms with Crippen LogP contribution in [0.5, 0.6) is 0 Å². The summed E-state index contributed by atoms with van der Waals surface area (Å²) in [4.78, 5) is 24.1. The van der Waals surface area contributed by atoms with Crippen LogP contribution in [0.4, 0.5) is 0 Å². The summed E-state index contributed by atoms with van der Waals surface area (Å²) < 4.78 is 5.24.